The molecule has 2 aliphatic heterocycles. The Hall–Kier alpha value is -4.04. The van der Waals surface area contributed by atoms with Crippen LogP contribution < -0.4 is 10.2 Å². The number of likely N-dealkylation sites (tertiary alicyclic amines) is 2. The number of piperidine rings is 1. The number of alkyl halides is 3. The van der Waals surface area contributed by atoms with Gasteiger partial charge in [0.05, 0.1) is 10.8 Å². The minimum atomic E-state index is -5.31. The van der Waals surface area contributed by atoms with Crippen LogP contribution >= 0.6 is 0 Å². The Morgan fingerprint density at radius 1 is 1.09 bits per heavy atom. The summed E-state index contributed by atoms with van der Waals surface area (Å²) in [6, 6.07) is 9.83. The minimum Gasteiger partial charge on any atom is -0.489 e. The van der Waals surface area contributed by atoms with Gasteiger partial charge in [0.25, 0.3) is 5.91 Å². The maximum atomic E-state index is 14.0. The van der Waals surface area contributed by atoms with Gasteiger partial charge in [0.2, 0.25) is 5.91 Å². The zero-order valence-electron chi connectivity index (χ0n) is 27.4. The molecule has 2 aliphatic rings. The van der Waals surface area contributed by atoms with Gasteiger partial charge in [0.15, 0.2) is 0 Å². The Kier molecular flexibility index (Phi) is 10.1. The number of rotatable bonds is 7. The SMILES string of the molecule is Cc1cc(COc2ccc(C3(C)CCN(C(C(=O)NO)C4CC[N+](OC(=O)C(F)(F)F)(C(=O)C(C)(C)C)CC4)C3=O)cc2)cc(C)n1. The quantitative estimate of drug-likeness (QED) is 0.252. The molecule has 2 N–H and O–H groups in total. The van der Waals surface area contributed by atoms with Gasteiger partial charge in [-0.05, 0) is 89.3 Å². The summed E-state index contributed by atoms with van der Waals surface area (Å²) in [4.78, 5) is 62.8. The van der Waals surface area contributed by atoms with E-state index in [1.165, 1.54) is 25.7 Å². The van der Waals surface area contributed by atoms with Crippen molar-refractivity contribution in [3.63, 3.8) is 0 Å². The number of pyridine rings is 1. The summed E-state index contributed by atoms with van der Waals surface area (Å²) in [5.74, 6) is -4.46. The van der Waals surface area contributed by atoms with Crippen molar-refractivity contribution in [1.82, 2.24) is 15.4 Å². The molecule has 256 valence electrons. The fraction of sp³-hybridized carbons (Fsp3) is 0.545. The van der Waals surface area contributed by atoms with Gasteiger partial charge in [0, 0.05) is 30.8 Å². The third-order valence-electron chi connectivity index (χ3n) is 9.01. The zero-order valence-corrected chi connectivity index (χ0v) is 27.4. The highest BCUT2D eigenvalue weighted by atomic mass is 19.4. The second-order valence-corrected chi connectivity index (χ2v) is 13.7. The van der Waals surface area contributed by atoms with Crippen LogP contribution in [0.1, 0.15) is 69.5 Å². The molecular weight excluding hydrogens is 621 g/mol. The van der Waals surface area contributed by atoms with Crippen LogP contribution in [0.3, 0.4) is 0 Å². The van der Waals surface area contributed by atoms with Crippen molar-refractivity contribution in [1.29, 1.82) is 0 Å². The van der Waals surface area contributed by atoms with E-state index >= 15 is 0 Å². The van der Waals surface area contributed by atoms with E-state index < -0.39 is 51.4 Å². The molecule has 0 aliphatic carbocycles. The van der Waals surface area contributed by atoms with Crippen molar-refractivity contribution in [2.75, 3.05) is 19.6 Å². The van der Waals surface area contributed by atoms with Gasteiger partial charge >= 0.3 is 18.1 Å². The number of aromatic nitrogens is 1. The Balaban J connectivity index is 1.50. The highest BCUT2D eigenvalue weighted by molar-refractivity contribution is 5.94. The van der Waals surface area contributed by atoms with Crippen molar-refractivity contribution in [2.24, 2.45) is 11.3 Å². The summed E-state index contributed by atoms with van der Waals surface area (Å²) in [5.41, 5.74) is 2.92. The van der Waals surface area contributed by atoms with Gasteiger partial charge in [-0.15, -0.1) is 0 Å². The molecular formula is C33H42F3N4O7+. The molecule has 0 radical (unpaired) electrons. The average Bonchev–Trinajstić information content (AvgIpc) is 3.29. The molecule has 3 amide bonds. The summed E-state index contributed by atoms with van der Waals surface area (Å²) >= 11 is 0. The topological polar surface area (TPSA) is 135 Å². The highest BCUT2D eigenvalue weighted by Gasteiger charge is 2.57. The lowest BCUT2D eigenvalue weighted by Gasteiger charge is -2.43. The number of amides is 3. The molecule has 2 saturated heterocycles. The number of hydrogen-bond donors (Lipinski definition) is 2. The lowest BCUT2D eigenvalue weighted by Crippen LogP contribution is -2.64. The number of nitrogens with zero attached hydrogens (tertiary/aromatic N) is 3. The second-order valence-electron chi connectivity index (χ2n) is 13.7. The summed E-state index contributed by atoms with van der Waals surface area (Å²) in [6.45, 7) is 9.95. The Bertz CT molecular complexity index is 1500. The number of carbonyl (C=O) groups excluding carboxylic acids is 4. The van der Waals surface area contributed by atoms with E-state index in [-0.39, 0.29) is 38.4 Å². The first-order valence-electron chi connectivity index (χ1n) is 15.5. The lowest BCUT2D eigenvalue weighted by molar-refractivity contribution is -1.03. The molecule has 11 nitrogen and oxygen atoms in total. The van der Waals surface area contributed by atoms with Crippen LogP contribution in [0.2, 0.25) is 0 Å². The van der Waals surface area contributed by atoms with Crippen molar-refractivity contribution in [3.8, 4) is 5.75 Å². The number of nitrogens with one attached hydrogen (secondary N) is 1. The number of ether oxygens (including phenoxy) is 1. The molecule has 1 aromatic carbocycles. The summed E-state index contributed by atoms with van der Waals surface area (Å²) in [5, 5.41) is 9.62. The Morgan fingerprint density at radius 2 is 1.66 bits per heavy atom. The van der Waals surface area contributed by atoms with E-state index in [1.54, 1.807) is 36.7 Å². The molecule has 0 saturated carbocycles. The first-order chi connectivity index (χ1) is 21.8. The molecule has 0 spiro atoms. The van der Waals surface area contributed by atoms with Gasteiger partial charge in [0.1, 0.15) is 31.5 Å². The molecule has 0 bridgehead atoms. The van der Waals surface area contributed by atoms with Gasteiger partial charge in [-0.1, -0.05) is 16.8 Å². The van der Waals surface area contributed by atoms with E-state index in [0.717, 1.165) is 17.0 Å². The highest BCUT2D eigenvalue weighted by Crippen LogP contribution is 2.41. The molecule has 47 heavy (non-hydrogen) atoms. The maximum Gasteiger partial charge on any atom is 0.497 e. The van der Waals surface area contributed by atoms with E-state index in [1.807, 2.05) is 26.0 Å². The first kappa shape index (κ1) is 35.8. The number of halogens is 3. The normalized spacial score (nSPS) is 24.1. The summed E-state index contributed by atoms with van der Waals surface area (Å²) in [6.07, 6.45) is -5.02. The smallest absolute Gasteiger partial charge is 0.489 e. The minimum absolute atomic E-state index is 0.0336. The summed E-state index contributed by atoms with van der Waals surface area (Å²) in [7, 11) is 0. The standard InChI is InChI=1S/C33H41F3N4O7/c1-20-17-22(18-21(2)37-20)19-46-25-9-7-24(8-10-25)32(6)13-14-39(28(32)42)26(27(41)38-45)23-11-15-40(16-12-23,29(43)31(3,4)5)47-30(44)33(34,35)36/h7-10,17-18,23,26H,11-16,19H2,1-6H3,(H-,38,41,45)/p+1. The van der Waals surface area contributed by atoms with Crippen LogP contribution in [0, 0.1) is 25.2 Å². The number of hydroxylamine groups is 4. The predicted molar refractivity (Wildman–Crippen MR) is 161 cm³/mol. The fourth-order valence-corrected chi connectivity index (χ4v) is 6.65. The Morgan fingerprint density at radius 3 is 2.17 bits per heavy atom. The van der Waals surface area contributed by atoms with Crippen molar-refractivity contribution >= 4 is 23.7 Å². The molecule has 2 fully saturated rings. The van der Waals surface area contributed by atoms with Crippen molar-refractivity contribution < 1.29 is 51.8 Å². The lowest BCUT2D eigenvalue weighted by atomic mass is 9.80. The zero-order chi connectivity index (χ0) is 34.9. The molecule has 4 rings (SSSR count). The van der Waals surface area contributed by atoms with Crippen LogP contribution in [0.4, 0.5) is 13.2 Å². The molecule has 2 aromatic rings. The molecule has 3 heterocycles. The first-order valence-corrected chi connectivity index (χ1v) is 15.5. The van der Waals surface area contributed by atoms with Crippen LogP contribution in [-0.4, -0.2) is 75.3 Å². The largest absolute Gasteiger partial charge is 0.497 e. The van der Waals surface area contributed by atoms with Gasteiger partial charge < -0.3 is 9.64 Å². The van der Waals surface area contributed by atoms with Crippen LogP contribution in [0.5, 0.6) is 5.75 Å². The van der Waals surface area contributed by atoms with Gasteiger partial charge in [-0.3, -0.25) is 24.6 Å². The number of hydrogen-bond acceptors (Lipinski definition) is 8. The van der Waals surface area contributed by atoms with Crippen LogP contribution in [0.15, 0.2) is 36.4 Å². The number of carbonyl (C=O) groups is 4. The molecule has 1 aromatic heterocycles. The molecule has 2 atom stereocenters. The fourth-order valence-electron chi connectivity index (χ4n) is 6.65. The number of quaternary nitrogens is 1. The van der Waals surface area contributed by atoms with Gasteiger partial charge in [-0.25, -0.2) is 15.1 Å². The third-order valence-corrected chi connectivity index (χ3v) is 9.01. The van der Waals surface area contributed by atoms with Crippen molar-refractivity contribution in [3.05, 3.63) is 58.9 Å². The second kappa shape index (κ2) is 13.2. The van der Waals surface area contributed by atoms with Crippen LogP contribution in [0.25, 0.3) is 0 Å². The number of benzene rings is 1. The van der Waals surface area contributed by atoms with Crippen LogP contribution in [-0.2, 0) is 36.0 Å². The molecule has 14 heteroatoms. The third kappa shape index (κ3) is 7.59. The Labute approximate surface area is 271 Å². The molecule has 2 unspecified atom stereocenters. The summed E-state index contributed by atoms with van der Waals surface area (Å²) < 4.78 is 44.3. The van der Waals surface area contributed by atoms with Gasteiger partial charge in [-0.2, -0.15) is 13.2 Å². The maximum absolute atomic E-state index is 14.0. The number of aryl methyl sites for hydroxylation is 2. The monoisotopic (exact) mass is 663 g/mol. The van der Waals surface area contributed by atoms with E-state index in [9.17, 15) is 37.6 Å². The van der Waals surface area contributed by atoms with E-state index in [2.05, 4.69) is 4.98 Å². The van der Waals surface area contributed by atoms with E-state index in [0.29, 0.717) is 24.3 Å². The van der Waals surface area contributed by atoms with Crippen molar-refractivity contribution in [2.45, 2.75) is 85.0 Å². The average molecular weight is 664 g/mol. The van der Waals surface area contributed by atoms with E-state index in [4.69, 9.17) is 9.57 Å². The predicted octanol–water partition coefficient (Wildman–Crippen LogP) is 4.46.